The highest BCUT2D eigenvalue weighted by Crippen LogP contribution is 2.39. The molecular formula is C14H12Br2N2OS. The lowest BCUT2D eigenvalue weighted by Crippen LogP contribution is -2.28. The fourth-order valence-corrected chi connectivity index (χ4v) is 5.15. The minimum absolute atomic E-state index is 0.182. The summed E-state index contributed by atoms with van der Waals surface area (Å²) in [5.41, 5.74) is 5.92. The lowest BCUT2D eigenvalue weighted by Gasteiger charge is -2.12. The summed E-state index contributed by atoms with van der Waals surface area (Å²) in [6, 6.07) is 10.0. The predicted molar refractivity (Wildman–Crippen MR) is 89.8 cm³/mol. The Morgan fingerprint density at radius 1 is 1.30 bits per heavy atom. The molecule has 0 bridgehead atoms. The number of benzene rings is 1. The summed E-state index contributed by atoms with van der Waals surface area (Å²) >= 11 is 8.67. The maximum absolute atomic E-state index is 6.00. The second-order valence-corrected chi connectivity index (χ2v) is 8.27. The summed E-state index contributed by atoms with van der Waals surface area (Å²) in [6.07, 6.45) is 0. The summed E-state index contributed by atoms with van der Waals surface area (Å²) in [5.74, 6) is 6.54. The molecule has 0 radical (unpaired) electrons. The smallest absolute Gasteiger partial charge is 0.137 e. The number of hydrazine groups is 1. The van der Waals surface area contributed by atoms with Crippen molar-refractivity contribution >= 4 is 54.2 Å². The first kappa shape index (κ1) is 14.3. The van der Waals surface area contributed by atoms with Crippen molar-refractivity contribution in [2.75, 3.05) is 0 Å². The van der Waals surface area contributed by atoms with Gasteiger partial charge in [-0.2, -0.15) is 0 Å². The van der Waals surface area contributed by atoms with Gasteiger partial charge in [0.25, 0.3) is 0 Å². The minimum atomic E-state index is -0.182. The Balaban J connectivity index is 2.12. The fraction of sp³-hybridized carbons (Fsp3) is 0.143. The van der Waals surface area contributed by atoms with E-state index in [1.54, 1.807) is 11.3 Å². The first-order valence-corrected chi connectivity index (χ1v) is 8.40. The quantitative estimate of drug-likeness (QED) is 0.473. The van der Waals surface area contributed by atoms with Crippen molar-refractivity contribution in [3.8, 4) is 0 Å². The molecular weight excluding hydrogens is 404 g/mol. The Morgan fingerprint density at radius 2 is 2.10 bits per heavy atom. The molecule has 20 heavy (non-hydrogen) atoms. The lowest BCUT2D eigenvalue weighted by atomic mass is 10.1. The Bertz CT molecular complexity index is 766. The van der Waals surface area contributed by atoms with E-state index >= 15 is 0 Å². The zero-order valence-electron chi connectivity index (χ0n) is 10.6. The molecule has 1 aromatic carbocycles. The maximum atomic E-state index is 6.00. The molecule has 0 saturated heterocycles. The second kappa shape index (κ2) is 5.61. The lowest BCUT2D eigenvalue weighted by molar-refractivity contribution is 0.476. The molecule has 0 aliphatic heterocycles. The number of halogens is 2. The zero-order chi connectivity index (χ0) is 14.3. The summed E-state index contributed by atoms with van der Waals surface area (Å²) in [4.78, 5) is 0. The van der Waals surface area contributed by atoms with E-state index in [0.717, 1.165) is 35.4 Å². The number of nitrogens with two attached hydrogens (primary N) is 1. The number of rotatable bonds is 3. The molecule has 0 aliphatic rings. The molecule has 3 N–H and O–H groups in total. The van der Waals surface area contributed by atoms with Crippen LogP contribution in [0, 0.1) is 6.92 Å². The Hall–Kier alpha value is -0.660. The van der Waals surface area contributed by atoms with Crippen LogP contribution >= 0.6 is 43.2 Å². The van der Waals surface area contributed by atoms with Crippen molar-refractivity contribution in [1.29, 1.82) is 0 Å². The van der Waals surface area contributed by atoms with Crippen molar-refractivity contribution in [1.82, 2.24) is 5.43 Å². The molecule has 2 aromatic heterocycles. The zero-order valence-corrected chi connectivity index (χ0v) is 14.6. The second-order valence-electron chi connectivity index (χ2n) is 4.52. The van der Waals surface area contributed by atoms with E-state index in [0.29, 0.717) is 0 Å². The van der Waals surface area contributed by atoms with Gasteiger partial charge < -0.3 is 4.42 Å². The van der Waals surface area contributed by atoms with Crippen LogP contribution in [-0.2, 0) is 0 Å². The van der Waals surface area contributed by atoms with Crippen molar-refractivity contribution in [2.24, 2.45) is 5.84 Å². The molecule has 3 rings (SSSR count). The number of aryl methyl sites for hydroxylation is 1. The molecule has 6 heteroatoms. The average Bonchev–Trinajstić information content (AvgIpc) is 2.96. The standard InChI is InChI=1S/C14H12Br2N2OS/c1-7-3-2-4-8-5-10(19-13(7)8)12(18-17)9-6-11(15)20-14(9)16/h2-6,12,18H,17H2,1H3. The van der Waals surface area contributed by atoms with Crippen LogP contribution in [0.5, 0.6) is 0 Å². The van der Waals surface area contributed by atoms with Gasteiger partial charge in [0.15, 0.2) is 0 Å². The molecule has 104 valence electrons. The molecule has 1 unspecified atom stereocenters. The maximum Gasteiger partial charge on any atom is 0.137 e. The first-order valence-electron chi connectivity index (χ1n) is 6.00. The summed E-state index contributed by atoms with van der Waals surface area (Å²) in [6.45, 7) is 2.04. The number of thiophene rings is 1. The monoisotopic (exact) mass is 414 g/mol. The molecule has 3 aromatic rings. The molecule has 0 spiro atoms. The van der Waals surface area contributed by atoms with Gasteiger partial charge in [0.2, 0.25) is 0 Å². The highest BCUT2D eigenvalue weighted by atomic mass is 79.9. The average molecular weight is 416 g/mol. The third kappa shape index (κ3) is 2.46. The largest absolute Gasteiger partial charge is 0.459 e. The van der Waals surface area contributed by atoms with Crippen LogP contribution in [0.4, 0.5) is 0 Å². The van der Waals surface area contributed by atoms with Crippen molar-refractivity contribution in [2.45, 2.75) is 13.0 Å². The molecule has 3 nitrogen and oxygen atoms in total. The van der Waals surface area contributed by atoms with Gasteiger partial charge in [-0.15, -0.1) is 11.3 Å². The van der Waals surface area contributed by atoms with Gasteiger partial charge in [0, 0.05) is 10.9 Å². The van der Waals surface area contributed by atoms with Crippen molar-refractivity contribution in [3.05, 3.63) is 54.8 Å². The van der Waals surface area contributed by atoms with Gasteiger partial charge in [0.05, 0.1) is 7.57 Å². The van der Waals surface area contributed by atoms with E-state index in [9.17, 15) is 0 Å². The Labute approximate surface area is 137 Å². The third-order valence-electron chi connectivity index (χ3n) is 3.21. The van der Waals surface area contributed by atoms with Crippen LogP contribution < -0.4 is 11.3 Å². The van der Waals surface area contributed by atoms with Crippen molar-refractivity contribution < 1.29 is 4.42 Å². The number of nitrogens with one attached hydrogen (secondary N) is 1. The van der Waals surface area contributed by atoms with Gasteiger partial charge in [-0.1, -0.05) is 18.2 Å². The molecule has 2 heterocycles. The van der Waals surface area contributed by atoms with E-state index in [4.69, 9.17) is 10.3 Å². The molecule has 1 atom stereocenters. The predicted octanol–water partition coefficient (Wildman–Crippen LogP) is 4.88. The summed E-state index contributed by atoms with van der Waals surface area (Å²) < 4.78 is 8.08. The van der Waals surface area contributed by atoms with Gasteiger partial charge in [-0.25, -0.2) is 5.43 Å². The SMILES string of the molecule is Cc1cccc2cc(C(NN)c3cc(Br)sc3Br)oc12. The summed E-state index contributed by atoms with van der Waals surface area (Å²) in [7, 11) is 0. The minimum Gasteiger partial charge on any atom is -0.459 e. The highest BCUT2D eigenvalue weighted by Gasteiger charge is 2.22. The molecule has 0 fully saturated rings. The van der Waals surface area contributed by atoms with Crippen LogP contribution in [0.25, 0.3) is 11.0 Å². The fourth-order valence-electron chi connectivity index (χ4n) is 2.25. The molecule has 0 saturated carbocycles. The van der Waals surface area contributed by atoms with E-state index < -0.39 is 0 Å². The van der Waals surface area contributed by atoms with E-state index in [1.807, 2.05) is 37.3 Å². The highest BCUT2D eigenvalue weighted by molar-refractivity contribution is 9.12. The van der Waals surface area contributed by atoms with E-state index in [1.165, 1.54) is 0 Å². The summed E-state index contributed by atoms with van der Waals surface area (Å²) in [5, 5.41) is 1.09. The topological polar surface area (TPSA) is 51.2 Å². The third-order valence-corrected chi connectivity index (χ3v) is 5.59. The molecule has 0 amide bonds. The van der Waals surface area contributed by atoms with Gasteiger partial charge in [-0.3, -0.25) is 5.84 Å². The molecule has 0 aliphatic carbocycles. The van der Waals surface area contributed by atoms with Crippen LogP contribution in [0.15, 0.2) is 42.3 Å². The Morgan fingerprint density at radius 3 is 2.70 bits per heavy atom. The van der Waals surface area contributed by atoms with Crippen molar-refractivity contribution in [3.63, 3.8) is 0 Å². The number of hydrogen-bond donors (Lipinski definition) is 2. The van der Waals surface area contributed by atoms with E-state index in [-0.39, 0.29) is 6.04 Å². The van der Waals surface area contributed by atoms with Crippen LogP contribution in [0.2, 0.25) is 0 Å². The van der Waals surface area contributed by atoms with Gasteiger partial charge in [0.1, 0.15) is 17.4 Å². The number of fused-ring (bicyclic) bond motifs is 1. The van der Waals surface area contributed by atoms with E-state index in [2.05, 4.69) is 37.3 Å². The van der Waals surface area contributed by atoms with Crippen LogP contribution in [0.1, 0.15) is 22.9 Å². The van der Waals surface area contributed by atoms with Gasteiger partial charge in [-0.05, 0) is 56.5 Å². The normalized spacial score (nSPS) is 13.0. The van der Waals surface area contributed by atoms with Crippen LogP contribution in [0.3, 0.4) is 0 Å². The Kier molecular flexibility index (Phi) is 4.01. The first-order chi connectivity index (χ1) is 9.60. The number of hydrogen-bond acceptors (Lipinski definition) is 4. The van der Waals surface area contributed by atoms with Gasteiger partial charge >= 0.3 is 0 Å². The number of para-hydroxylation sites is 1. The number of furan rings is 1. The van der Waals surface area contributed by atoms with Crippen LogP contribution in [-0.4, -0.2) is 0 Å².